The highest BCUT2D eigenvalue weighted by atomic mass is 19.1. The van der Waals surface area contributed by atoms with Crippen LogP contribution in [-0.2, 0) is 20.9 Å². The van der Waals surface area contributed by atoms with Crippen molar-refractivity contribution in [2.45, 2.75) is 19.5 Å². The second-order valence-corrected chi connectivity index (χ2v) is 5.70. The van der Waals surface area contributed by atoms with Crippen molar-refractivity contribution in [3.63, 3.8) is 0 Å². The van der Waals surface area contributed by atoms with E-state index in [0.29, 0.717) is 5.56 Å². The molecule has 1 amide bonds. The number of aliphatic hydroxyl groups excluding tert-OH is 1. The Morgan fingerprint density at radius 1 is 1.15 bits per heavy atom. The summed E-state index contributed by atoms with van der Waals surface area (Å²) >= 11 is 0. The molecule has 6 heteroatoms. The molecule has 1 N–H and O–H groups in total. The Balaban J connectivity index is 2.32. The lowest BCUT2D eigenvalue weighted by molar-refractivity contribution is -0.140. The van der Waals surface area contributed by atoms with E-state index in [4.69, 9.17) is 0 Å². The summed E-state index contributed by atoms with van der Waals surface area (Å²) in [5, 5.41) is 9.68. The van der Waals surface area contributed by atoms with Crippen molar-refractivity contribution in [1.82, 2.24) is 4.90 Å². The van der Waals surface area contributed by atoms with E-state index in [2.05, 4.69) is 4.74 Å². The number of benzene rings is 2. The first kappa shape index (κ1) is 19.2. The van der Waals surface area contributed by atoms with Gasteiger partial charge in [0.25, 0.3) is 5.91 Å². The summed E-state index contributed by atoms with van der Waals surface area (Å²) in [4.78, 5) is 25.5. The number of methoxy groups -OCH3 is 1. The van der Waals surface area contributed by atoms with Crippen LogP contribution < -0.4 is 0 Å². The van der Waals surface area contributed by atoms with Crippen molar-refractivity contribution in [3.8, 4) is 0 Å². The molecule has 0 bridgehead atoms. The summed E-state index contributed by atoms with van der Waals surface area (Å²) < 4.78 is 17.5. The number of halogens is 1. The lowest BCUT2D eigenvalue weighted by Crippen LogP contribution is -2.32. The number of rotatable bonds is 6. The molecule has 0 aliphatic heterocycles. The molecule has 0 fully saturated rings. The Bertz CT molecular complexity index is 787. The third-order valence-electron chi connectivity index (χ3n) is 3.95. The largest absolute Gasteiger partial charge is 0.502 e. The van der Waals surface area contributed by atoms with Crippen molar-refractivity contribution in [1.29, 1.82) is 0 Å². The van der Waals surface area contributed by atoms with Gasteiger partial charge in [0.1, 0.15) is 5.82 Å². The minimum atomic E-state index is -0.993. The Labute approximate surface area is 151 Å². The van der Waals surface area contributed by atoms with Crippen LogP contribution in [0, 0.1) is 5.82 Å². The highest BCUT2D eigenvalue weighted by molar-refractivity contribution is 5.96. The Hall–Kier alpha value is -3.15. The summed E-state index contributed by atoms with van der Waals surface area (Å²) in [7, 11) is 1.11. The van der Waals surface area contributed by atoms with Crippen molar-refractivity contribution in [3.05, 3.63) is 83.4 Å². The molecule has 0 saturated carbocycles. The van der Waals surface area contributed by atoms with E-state index >= 15 is 0 Å². The fraction of sp³-hybridized carbons (Fsp3) is 0.200. The number of amides is 1. The average molecular weight is 357 g/mol. The third-order valence-corrected chi connectivity index (χ3v) is 3.95. The molecular formula is C20H20FNO4. The Morgan fingerprint density at radius 3 is 2.35 bits per heavy atom. The number of carbonyl (C=O) groups is 2. The molecule has 0 saturated heterocycles. The highest BCUT2D eigenvalue weighted by Gasteiger charge is 2.22. The number of hydrogen-bond acceptors (Lipinski definition) is 4. The maximum atomic E-state index is 13.1. The van der Waals surface area contributed by atoms with Gasteiger partial charge < -0.3 is 14.7 Å². The van der Waals surface area contributed by atoms with E-state index in [1.807, 2.05) is 37.3 Å². The second kappa shape index (κ2) is 8.80. The fourth-order valence-corrected chi connectivity index (χ4v) is 2.47. The summed E-state index contributed by atoms with van der Waals surface area (Å²) in [5.41, 5.74) is 1.60. The number of carbonyl (C=O) groups excluding carboxylic acids is 2. The van der Waals surface area contributed by atoms with Crippen molar-refractivity contribution < 1.29 is 23.8 Å². The zero-order chi connectivity index (χ0) is 19.1. The maximum Gasteiger partial charge on any atom is 0.373 e. The van der Waals surface area contributed by atoms with E-state index in [9.17, 15) is 19.1 Å². The van der Waals surface area contributed by atoms with Gasteiger partial charge >= 0.3 is 5.97 Å². The summed E-state index contributed by atoms with van der Waals surface area (Å²) in [6.45, 7) is 2.01. The van der Waals surface area contributed by atoms with Crippen molar-refractivity contribution in [2.24, 2.45) is 0 Å². The SMILES string of the molecule is COC(=O)/C(O)=C/C(=O)N(Cc1ccc(F)cc1)C(C)c1ccccc1. The van der Waals surface area contributed by atoms with Gasteiger partial charge in [-0.2, -0.15) is 0 Å². The predicted molar refractivity (Wildman–Crippen MR) is 94.5 cm³/mol. The van der Waals surface area contributed by atoms with Gasteiger partial charge in [0, 0.05) is 6.54 Å². The molecule has 0 spiro atoms. The van der Waals surface area contributed by atoms with Crippen LogP contribution in [-0.4, -0.2) is 29.0 Å². The Kier molecular flexibility index (Phi) is 6.49. The van der Waals surface area contributed by atoms with Crippen molar-refractivity contribution >= 4 is 11.9 Å². The van der Waals surface area contributed by atoms with Gasteiger partial charge in [-0.3, -0.25) is 4.79 Å². The first-order valence-electron chi connectivity index (χ1n) is 8.01. The average Bonchev–Trinajstić information content (AvgIpc) is 2.66. The summed E-state index contributed by atoms with van der Waals surface area (Å²) in [5.74, 6) is -2.70. The van der Waals surface area contributed by atoms with E-state index in [1.165, 1.54) is 17.0 Å². The molecular weight excluding hydrogens is 337 g/mol. The van der Waals surface area contributed by atoms with E-state index in [0.717, 1.165) is 18.7 Å². The van der Waals surface area contributed by atoms with Gasteiger partial charge in [-0.25, -0.2) is 9.18 Å². The molecule has 0 aliphatic rings. The molecule has 1 atom stereocenters. The van der Waals surface area contributed by atoms with Crippen LogP contribution in [0.15, 0.2) is 66.4 Å². The Morgan fingerprint density at radius 2 is 1.77 bits per heavy atom. The van der Waals surface area contributed by atoms with Crippen LogP contribution >= 0.6 is 0 Å². The molecule has 2 aromatic rings. The van der Waals surface area contributed by atoms with Crippen LogP contribution in [0.25, 0.3) is 0 Å². The molecule has 5 nitrogen and oxygen atoms in total. The molecule has 136 valence electrons. The smallest absolute Gasteiger partial charge is 0.373 e. The summed E-state index contributed by atoms with van der Waals surface area (Å²) in [6.07, 6.45) is 0.828. The predicted octanol–water partition coefficient (Wildman–Crippen LogP) is 3.53. The molecule has 2 rings (SSSR count). The van der Waals surface area contributed by atoms with Crippen LogP contribution in [0.3, 0.4) is 0 Å². The quantitative estimate of drug-likeness (QED) is 0.488. The molecule has 0 aromatic heterocycles. The molecule has 26 heavy (non-hydrogen) atoms. The van der Waals surface area contributed by atoms with Gasteiger partial charge in [0.2, 0.25) is 5.76 Å². The lowest BCUT2D eigenvalue weighted by Gasteiger charge is -2.29. The number of aliphatic hydroxyl groups is 1. The molecule has 0 radical (unpaired) electrons. The van der Waals surface area contributed by atoms with E-state index in [-0.39, 0.29) is 18.4 Å². The van der Waals surface area contributed by atoms with Gasteiger partial charge in [-0.1, -0.05) is 42.5 Å². The zero-order valence-corrected chi connectivity index (χ0v) is 14.6. The van der Waals surface area contributed by atoms with Crippen molar-refractivity contribution in [2.75, 3.05) is 7.11 Å². The van der Waals surface area contributed by atoms with Gasteiger partial charge in [-0.05, 0) is 30.2 Å². The standard InChI is InChI=1S/C20H20FNO4/c1-14(16-6-4-3-5-7-16)22(13-15-8-10-17(21)11-9-15)19(24)12-18(23)20(25)26-2/h3-12,14,23H,13H2,1-2H3/b18-12-. The number of nitrogens with zero attached hydrogens (tertiary/aromatic N) is 1. The molecule has 1 unspecified atom stereocenters. The number of esters is 1. The van der Waals surface area contributed by atoms with Crippen LogP contribution in [0.4, 0.5) is 4.39 Å². The maximum absolute atomic E-state index is 13.1. The summed E-state index contributed by atoms with van der Waals surface area (Å²) in [6, 6.07) is 14.8. The van der Waals surface area contributed by atoms with Gasteiger partial charge in [0.15, 0.2) is 0 Å². The molecule has 2 aromatic carbocycles. The topological polar surface area (TPSA) is 66.8 Å². The van der Waals surface area contributed by atoms with Crippen LogP contribution in [0.1, 0.15) is 24.1 Å². The van der Waals surface area contributed by atoms with Crippen LogP contribution in [0.5, 0.6) is 0 Å². The zero-order valence-electron chi connectivity index (χ0n) is 14.6. The van der Waals surface area contributed by atoms with Gasteiger partial charge in [-0.15, -0.1) is 0 Å². The lowest BCUT2D eigenvalue weighted by atomic mass is 10.1. The van der Waals surface area contributed by atoms with Gasteiger partial charge in [0.05, 0.1) is 19.2 Å². The first-order valence-corrected chi connectivity index (χ1v) is 8.01. The second-order valence-electron chi connectivity index (χ2n) is 5.70. The minimum absolute atomic E-state index is 0.181. The van der Waals surface area contributed by atoms with Crippen LogP contribution in [0.2, 0.25) is 0 Å². The molecule has 0 heterocycles. The van der Waals surface area contributed by atoms with E-state index < -0.39 is 17.6 Å². The number of hydrogen-bond donors (Lipinski definition) is 1. The number of ether oxygens (including phenoxy) is 1. The van der Waals surface area contributed by atoms with E-state index in [1.54, 1.807) is 12.1 Å². The molecule has 0 aliphatic carbocycles. The monoisotopic (exact) mass is 357 g/mol. The first-order chi connectivity index (χ1) is 12.4. The third kappa shape index (κ3) is 4.92. The fourth-order valence-electron chi connectivity index (χ4n) is 2.47. The normalized spacial score (nSPS) is 12.3. The minimum Gasteiger partial charge on any atom is -0.502 e. The highest BCUT2D eigenvalue weighted by Crippen LogP contribution is 2.23.